The zero-order chi connectivity index (χ0) is 12.8. The van der Waals surface area contributed by atoms with Gasteiger partial charge in [-0.05, 0) is 13.8 Å². The Kier molecular flexibility index (Phi) is 14.6. The zero-order valence-corrected chi connectivity index (χ0v) is 11.4. The van der Waals surface area contributed by atoms with Crippen LogP contribution in [0.4, 0.5) is 0 Å². The smallest absolute Gasteiger partial charge is 0.110 e. The number of rotatable bonds is 0. The van der Waals surface area contributed by atoms with E-state index in [1.165, 1.54) is 0 Å². The lowest BCUT2D eigenvalue weighted by Gasteiger charge is -1.75. The molecule has 0 bridgehead atoms. The third-order valence-corrected chi connectivity index (χ3v) is 1.38. The Bertz CT molecular complexity index is 234. The van der Waals surface area contributed by atoms with E-state index in [-0.39, 0.29) is 0 Å². The third kappa shape index (κ3) is 10.8. The molecule has 0 N–H and O–H groups in total. The number of hydrogen-bond donors (Lipinski definition) is 0. The molecule has 0 aromatic rings. The van der Waals surface area contributed by atoms with Gasteiger partial charge < -0.3 is 0 Å². The fourth-order valence-corrected chi connectivity index (χ4v) is 0.706. The molecule has 0 unspecified atom stereocenters. The predicted octanol–water partition coefficient (Wildman–Crippen LogP) is 3.38. The highest BCUT2D eigenvalue weighted by molar-refractivity contribution is 5.96. The van der Waals surface area contributed by atoms with Gasteiger partial charge in [-0.15, -0.1) is 0 Å². The van der Waals surface area contributed by atoms with Crippen LogP contribution < -0.4 is 0 Å². The van der Waals surface area contributed by atoms with Crippen LogP contribution >= 0.6 is 0 Å². The highest BCUT2D eigenvalue weighted by atomic mass is 15.2. The Balaban J connectivity index is 0. The largest absolute Gasteiger partial charge is 0.267 e. The second-order valence-electron chi connectivity index (χ2n) is 2.66. The molecule has 4 heteroatoms. The molecule has 0 aromatic heterocycles. The van der Waals surface area contributed by atoms with E-state index >= 15 is 0 Å². The predicted molar refractivity (Wildman–Crippen MR) is 75.4 cm³/mol. The van der Waals surface area contributed by atoms with E-state index in [0.29, 0.717) is 0 Å². The van der Waals surface area contributed by atoms with Crippen molar-refractivity contribution in [3.05, 3.63) is 0 Å². The topological polar surface area (TPSA) is 49.4 Å². The Morgan fingerprint density at radius 2 is 1.62 bits per heavy atom. The van der Waals surface area contributed by atoms with Crippen LogP contribution in [0.15, 0.2) is 20.2 Å². The summed E-state index contributed by atoms with van der Waals surface area (Å²) in [6, 6.07) is 0. The maximum atomic E-state index is 3.86. The Hall–Kier alpha value is -1.32. The fraction of sp³-hybridized carbons (Fsp3) is 0.667. The molecular formula is C12H24N4. The van der Waals surface area contributed by atoms with Gasteiger partial charge in [-0.1, -0.05) is 27.7 Å². The lowest BCUT2D eigenvalue weighted by atomic mass is 10.3. The van der Waals surface area contributed by atoms with Crippen molar-refractivity contribution >= 4 is 24.0 Å². The van der Waals surface area contributed by atoms with Crippen molar-refractivity contribution in [1.82, 2.24) is 0 Å². The van der Waals surface area contributed by atoms with Crippen molar-refractivity contribution in [1.29, 1.82) is 0 Å². The van der Waals surface area contributed by atoms with Crippen molar-refractivity contribution in [3.63, 3.8) is 0 Å². The highest BCUT2D eigenvalue weighted by Gasteiger charge is 1.90. The second-order valence-corrected chi connectivity index (χ2v) is 2.66. The van der Waals surface area contributed by atoms with Crippen LogP contribution in [0.5, 0.6) is 0 Å². The average Bonchev–Trinajstić information content (AvgIpc) is 2.98. The van der Waals surface area contributed by atoms with Gasteiger partial charge in [0.25, 0.3) is 0 Å². The maximum Gasteiger partial charge on any atom is 0.110 e. The Morgan fingerprint density at radius 1 is 1.00 bits per heavy atom. The summed E-state index contributed by atoms with van der Waals surface area (Å²) in [5, 5.41) is 7.35. The molecule has 0 radical (unpaired) electrons. The lowest BCUT2D eigenvalue weighted by Crippen LogP contribution is -1.87. The summed E-state index contributed by atoms with van der Waals surface area (Å²) >= 11 is 0. The zero-order valence-electron chi connectivity index (χ0n) is 11.4. The van der Waals surface area contributed by atoms with E-state index in [1.807, 2.05) is 41.5 Å². The van der Waals surface area contributed by atoms with Crippen LogP contribution in [-0.4, -0.2) is 30.5 Å². The first-order chi connectivity index (χ1) is 7.79. The molecular weight excluding hydrogens is 200 g/mol. The minimum atomic E-state index is 0.806. The van der Waals surface area contributed by atoms with Crippen molar-refractivity contribution in [3.8, 4) is 0 Å². The van der Waals surface area contributed by atoms with E-state index < -0.39 is 0 Å². The van der Waals surface area contributed by atoms with Crippen molar-refractivity contribution in [2.75, 3.05) is 6.54 Å². The van der Waals surface area contributed by atoms with E-state index in [0.717, 1.165) is 24.4 Å². The quantitative estimate of drug-likeness (QED) is 0.605. The molecule has 0 saturated heterocycles. The first kappa shape index (κ1) is 17.1. The molecule has 2 rings (SSSR count). The molecule has 0 atom stereocenters. The van der Waals surface area contributed by atoms with Gasteiger partial charge in [-0.25, -0.2) is 4.99 Å². The van der Waals surface area contributed by atoms with E-state index in [9.17, 15) is 0 Å². The molecule has 4 nitrogen and oxygen atoms in total. The van der Waals surface area contributed by atoms with Gasteiger partial charge in [0.05, 0.1) is 6.54 Å². The summed E-state index contributed by atoms with van der Waals surface area (Å²) in [6.45, 7) is 12.7. The van der Waals surface area contributed by atoms with Crippen molar-refractivity contribution in [2.45, 2.75) is 48.0 Å². The van der Waals surface area contributed by atoms with Gasteiger partial charge >= 0.3 is 0 Å². The van der Waals surface area contributed by atoms with Gasteiger partial charge in [-0.3, -0.25) is 4.99 Å². The first-order valence-electron chi connectivity index (χ1n) is 5.85. The molecule has 0 fully saturated rings. The normalized spacial score (nSPS) is 14.6. The summed E-state index contributed by atoms with van der Waals surface area (Å²) in [7, 11) is 0. The van der Waals surface area contributed by atoms with Gasteiger partial charge in [0.2, 0.25) is 0 Å². The van der Waals surface area contributed by atoms with Gasteiger partial charge in [0.1, 0.15) is 6.34 Å². The third-order valence-electron chi connectivity index (χ3n) is 1.38. The van der Waals surface area contributed by atoms with Crippen LogP contribution in [0.1, 0.15) is 48.0 Å². The van der Waals surface area contributed by atoms with Crippen LogP contribution in [-0.2, 0) is 0 Å². The summed E-state index contributed by atoms with van der Waals surface area (Å²) in [5.41, 5.74) is 2.21. The molecule has 16 heavy (non-hydrogen) atoms. The molecule has 2 heterocycles. The molecule has 92 valence electrons. The molecule has 0 aliphatic carbocycles. The number of hydrogen-bond acceptors (Lipinski definition) is 4. The molecule has 0 spiro atoms. The molecule has 0 amide bonds. The molecule has 2 aliphatic heterocycles. The van der Waals surface area contributed by atoms with Crippen LogP contribution in [0.3, 0.4) is 0 Å². The van der Waals surface area contributed by atoms with E-state index in [4.69, 9.17) is 0 Å². The molecule has 0 saturated carbocycles. The van der Waals surface area contributed by atoms with Crippen LogP contribution in [0, 0.1) is 0 Å². The number of nitrogens with zero attached hydrogens (tertiary/aromatic N) is 4. The standard InChI is InChI=1S/2C4H6N2.2C2H6/c1-4-2-5-3-6-4;1-4-2-3-5-6-4;2*1-2/h2*3H,2H2,1H3;2*1-2H3. The van der Waals surface area contributed by atoms with Gasteiger partial charge in [-0.2, -0.15) is 10.2 Å². The van der Waals surface area contributed by atoms with Gasteiger partial charge in [0.15, 0.2) is 0 Å². The van der Waals surface area contributed by atoms with E-state index in [1.54, 1.807) is 12.6 Å². The van der Waals surface area contributed by atoms with Gasteiger partial charge in [0, 0.05) is 24.1 Å². The number of aliphatic imine (C=N–C) groups is 2. The van der Waals surface area contributed by atoms with Crippen LogP contribution in [0.25, 0.3) is 0 Å². The minimum absolute atomic E-state index is 0.806. The van der Waals surface area contributed by atoms with Crippen LogP contribution in [0.2, 0.25) is 0 Å². The summed E-state index contributed by atoms with van der Waals surface area (Å²) in [6.07, 6.45) is 4.34. The molecule has 2 aliphatic rings. The lowest BCUT2D eigenvalue weighted by molar-refractivity contribution is 1.27. The summed E-state index contributed by atoms with van der Waals surface area (Å²) < 4.78 is 0. The summed E-state index contributed by atoms with van der Waals surface area (Å²) in [4.78, 5) is 7.70. The average molecular weight is 224 g/mol. The maximum absolute atomic E-state index is 3.86. The Labute approximate surface area is 99.3 Å². The molecule has 0 aromatic carbocycles. The monoisotopic (exact) mass is 224 g/mol. The van der Waals surface area contributed by atoms with Crippen molar-refractivity contribution in [2.24, 2.45) is 20.2 Å². The van der Waals surface area contributed by atoms with E-state index in [2.05, 4.69) is 20.2 Å². The summed E-state index contributed by atoms with van der Waals surface area (Å²) in [5.74, 6) is 0. The minimum Gasteiger partial charge on any atom is -0.267 e. The SMILES string of the molecule is CC.CC.CC1=NC=NC1.CC1=NN=CC1. The Morgan fingerprint density at radius 3 is 1.75 bits per heavy atom. The van der Waals surface area contributed by atoms with Crippen molar-refractivity contribution < 1.29 is 0 Å². The second kappa shape index (κ2) is 13.7. The highest BCUT2D eigenvalue weighted by Crippen LogP contribution is 1.90. The first-order valence-corrected chi connectivity index (χ1v) is 5.85. The fourth-order valence-electron chi connectivity index (χ4n) is 0.706.